The Morgan fingerprint density at radius 3 is 2.56 bits per heavy atom. The van der Waals surface area contributed by atoms with E-state index in [0.29, 0.717) is 12.5 Å². The van der Waals surface area contributed by atoms with Crippen molar-refractivity contribution in [2.45, 2.75) is 32.7 Å². The molecule has 134 valence electrons. The fourth-order valence-electron chi connectivity index (χ4n) is 2.81. The summed E-state index contributed by atoms with van der Waals surface area (Å²) in [6.07, 6.45) is 1.78. The van der Waals surface area contributed by atoms with Gasteiger partial charge in [0.2, 0.25) is 5.95 Å². The minimum Gasteiger partial charge on any atom is -0.363 e. The normalized spacial score (nSPS) is 15.2. The van der Waals surface area contributed by atoms with Crippen LogP contribution in [0.2, 0.25) is 0 Å². The van der Waals surface area contributed by atoms with E-state index in [1.54, 1.807) is 16.9 Å². The van der Waals surface area contributed by atoms with Crippen LogP contribution in [0.1, 0.15) is 26.5 Å². The molecule has 3 rings (SSSR count). The zero-order valence-corrected chi connectivity index (χ0v) is 15.6. The molecule has 2 aromatic rings. The molecule has 0 saturated carbocycles. The molecule has 1 saturated heterocycles. The van der Waals surface area contributed by atoms with Gasteiger partial charge in [-0.1, -0.05) is 20.8 Å². The van der Waals surface area contributed by atoms with Gasteiger partial charge in [0.25, 0.3) is 5.56 Å². The Kier molecular flexibility index (Phi) is 4.49. The molecular formula is C18H26N6O. The Hall–Kier alpha value is -2.44. The van der Waals surface area contributed by atoms with Crippen molar-refractivity contribution in [2.24, 2.45) is 5.92 Å². The van der Waals surface area contributed by atoms with E-state index in [1.165, 1.54) is 0 Å². The molecule has 1 aliphatic rings. The van der Waals surface area contributed by atoms with Gasteiger partial charge in [-0.25, -0.2) is 9.67 Å². The third-order valence-electron chi connectivity index (χ3n) is 4.39. The smallest absolute Gasteiger partial charge is 0.266 e. The summed E-state index contributed by atoms with van der Waals surface area (Å²) in [5.41, 5.74) is 0.823. The van der Waals surface area contributed by atoms with Crippen LogP contribution in [-0.2, 0) is 12.0 Å². The number of hydrogen-bond acceptors (Lipinski definition) is 6. The molecule has 2 aromatic heterocycles. The molecule has 7 nitrogen and oxygen atoms in total. The molecule has 1 fully saturated rings. The standard InChI is InChI=1S/C18H26N6O/c1-18(2,3)14-6-7-16(25)24(21-14)12-13-10-23(11-13)17-19-9-8-15(20-17)22(4)5/h6-9,13H,10-12H2,1-5H3. The summed E-state index contributed by atoms with van der Waals surface area (Å²) in [5.74, 6) is 2.02. The summed E-state index contributed by atoms with van der Waals surface area (Å²) >= 11 is 0. The van der Waals surface area contributed by atoms with Crippen molar-refractivity contribution in [1.82, 2.24) is 19.7 Å². The number of anilines is 2. The fraction of sp³-hybridized carbons (Fsp3) is 0.556. The second kappa shape index (κ2) is 6.46. The van der Waals surface area contributed by atoms with Crippen molar-refractivity contribution in [1.29, 1.82) is 0 Å². The van der Waals surface area contributed by atoms with Crippen LogP contribution in [0.3, 0.4) is 0 Å². The lowest BCUT2D eigenvalue weighted by Gasteiger charge is -2.39. The van der Waals surface area contributed by atoms with E-state index in [0.717, 1.165) is 30.5 Å². The van der Waals surface area contributed by atoms with Gasteiger partial charge in [0.15, 0.2) is 0 Å². The zero-order chi connectivity index (χ0) is 18.2. The first-order valence-corrected chi connectivity index (χ1v) is 8.58. The SMILES string of the molecule is CN(C)c1ccnc(N2CC(Cn3nc(C(C)(C)C)ccc3=O)C2)n1. The highest BCUT2D eigenvalue weighted by Gasteiger charge is 2.30. The first-order chi connectivity index (χ1) is 11.7. The van der Waals surface area contributed by atoms with Crippen LogP contribution in [0.5, 0.6) is 0 Å². The molecule has 0 aromatic carbocycles. The number of nitrogens with zero attached hydrogens (tertiary/aromatic N) is 6. The predicted molar refractivity (Wildman–Crippen MR) is 99.3 cm³/mol. The molecule has 1 aliphatic heterocycles. The van der Waals surface area contributed by atoms with Gasteiger partial charge in [0.1, 0.15) is 5.82 Å². The Labute approximate surface area is 148 Å². The van der Waals surface area contributed by atoms with Crippen molar-refractivity contribution >= 4 is 11.8 Å². The maximum absolute atomic E-state index is 12.1. The van der Waals surface area contributed by atoms with Crippen LogP contribution >= 0.6 is 0 Å². The van der Waals surface area contributed by atoms with Crippen molar-refractivity contribution in [2.75, 3.05) is 37.0 Å². The summed E-state index contributed by atoms with van der Waals surface area (Å²) in [6, 6.07) is 5.34. The second-order valence-corrected chi connectivity index (χ2v) is 7.87. The van der Waals surface area contributed by atoms with E-state index in [1.807, 2.05) is 31.1 Å². The van der Waals surface area contributed by atoms with Gasteiger partial charge >= 0.3 is 0 Å². The highest BCUT2D eigenvalue weighted by atomic mass is 16.1. The maximum Gasteiger partial charge on any atom is 0.266 e. The van der Waals surface area contributed by atoms with Gasteiger partial charge in [-0.15, -0.1) is 0 Å². The monoisotopic (exact) mass is 342 g/mol. The van der Waals surface area contributed by atoms with Crippen LogP contribution < -0.4 is 15.4 Å². The lowest BCUT2D eigenvalue weighted by molar-refractivity contribution is 0.326. The summed E-state index contributed by atoms with van der Waals surface area (Å²) in [4.78, 5) is 25.1. The van der Waals surface area contributed by atoms with Crippen molar-refractivity contribution in [3.05, 3.63) is 40.4 Å². The highest BCUT2D eigenvalue weighted by molar-refractivity contribution is 5.43. The van der Waals surface area contributed by atoms with Crippen LogP contribution in [0.15, 0.2) is 29.2 Å². The average Bonchev–Trinajstić information content (AvgIpc) is 2.51. The van der Waals surface area contributed by atoms with Gasteiger partial charge in [-0.3, -0.25) is 4.79 Å². The summed E-state index contributed by atoms with van der Waals surface area (Å²) in [6.45, 7) is 8.61. The second-order valence-electron chi connectivity index (χ2n) is 7.87. The van der Waals surface area contributed by atoms with Crippen molar-refractivity contribution in [3.8, 4) is 0 Å². The molecule has 0 aliphatic carbocycles. The molecule has 0 atom stereocenters. The first kappa shape index (κ1) is 17.4. The lowest BCUT2D eigenvalue weighted by atomic mass is 9.92. The molecule has 0 bridgehead atoms. The molecular weight excluding hydrogens is 316 g/mol. The van der Waals surface area contributed by atoms with Crippen LogP contribution in [0.4, 0.5) is 11.8 Å². The summed E-state index contributed by atoms with van der Waals surface area (Å²) in [7, 11) is 3.93. The minimum absolute atomic E-state index is 0.0442. The third-order valence-corrected chi connectivity index (χ3v) is 4.39. The highest BCUT2D eigenvalue weighted by Crippen LogP contribution is 2.24. The average molecular weight is 342 g/mol. The fourth-order valence-corrected chi connectivity index (χ4v) is 2.81. The van der Waals surface area contributed by atoms with E-state index in [2.05, 4.69) is 40.7 Å². The number of hydrogen-bond donors (Lipinski definition) is 0. The molecule has 0 spiro atoms. The number of aromatic nitrogens is 4. The Morgan fingerprint density at radius 1 is 1.20 bits per heavy atom. The van der Waals surface area contributed by atoms with Gasteiger partial charge in [-0.05, 0) is 12.1 Å². The largest absolute Gasteiger partial charge is 0.363 e. The van der Waals surface area contributed by atoms with Gasteiger partial charge in [0.05, 0.1) is 12.2 Å². The van der Waals surface area contributed by atoms with Gasteiger partial charge in [-0.2, -0.15) is 10.1 Å². The van der Waals surface area contributed by atoms with Crippen LogP contribution in [-0.4, -0.2) is 46.9 Å². The summed E-state index contributed by atoms with van der Waals surface area (Å²) < 4.78 is 1.60. The third kappa shape index (κ3) is 3.81. The zero-order valence-electron chi connectivity index (χ0n) is 15.6. The molecule has 0 amide bonds. The van der Waals surface area contributed by atoms with E-state index < -0.39 is 0 Å². The van der Waals surface area contributed by atoms with Crippen LogP contribution in [0.25, 0.3) is 0 Å². The maximum atomic E-state index is 12.1. The van der Waals surface area contributed by atoms with Crippen molar-refractivity contribution < 1.29 is 0 Å². The molecule has 0 radical (unpaired) electrons. The predicted octanol–water partition coefficient (Wildman–Crippen LogP) is 1.53. The molecule has 7 heteroatoms. The van der Waals surface area contributed by atoms with Crippen LogP contribution in [0, 0.1) is 5.92 Å². The molecule has 25 heavy (non-hydrogen) atoms. The molecule has 0 N–H and O–H groups in total. The van der Waals surface area contributed by atoms with E-state index in [4.69, 9.17) is 0 Å². The van der Waals surface area contributed by atoms with Crippen molar-refractivity contribution in [3.63, 3.8) is 0 Å². The Balaban J connectivity index is 1.66. The minimum atomic E-state index is -0.0679. The van der Waals surface area contributed by atoms with E-state index >= 15 is 0 Å². The molecule has 3 heterocycles. The Bertz CT molecular complexity index is 802. The van der Waals surface area contributed by atoms with Gasteiger partial charge in [0, 0.05) is 50.8 Å². The van der Waals surface area contributed by atoms with Gasteiger partial charge < -0.3 is 9.80 Å². The number of rotatable bonds is 4. The first-order valence-electron chi connectivity index (χ1n) is 8.58. The summed E-state index contributed by atoms with van der Waals surface area (Å²) in [5, 5.41) is 4.55. The van der Waals surface area contributed by atoms with E-state index in [9.17, 15) is 4.79 Å². The van der Waals surface area contributed by atoms with E-state index in [-0.39, 0.29) is 11.0 Å². The molecule has 0 unspecified atom stereocenters. The quantitative estimate of drug-likeness (QED) is 0.839. The lowest BCUT2D eigenvalue weighted by Crippen LogP contribution is -2.50. The Morgan fingerprint density at radius 2 is 1.92 bits per heavy atom. The topological polar surface area (TPSA) is 67.2 Å².